The van der Waals surface area contributed by atoms with Crippen LogP contribution in [0.25, 0.3) is 0 Å². The van der Waals surface area contributed by atoms with Crippen LogP contribution in [0.3, 0.4) is 0 Å². The number of rotatable bonds is 3. The summed E-state index contributed by atoms with van der Waals surface area (Å²) in [4.78, 5) is 17.3. The number of hydrogen-bond donors (Lipinski definition) is 2. The van der Waals surface area contributed by atoms with Gasteiger partial charge in [-0.1, -0.05) is 23.9 Å². The number of thioether (sulfide) groups is 1. The van der Waals surface area contributed by atoms with Crippen molar-refractivity contribution in [3.63, 3.8) is 0 Å². The van der Waals surface area contributed by atoms with Crippen LogP contribution in [0.4, 0.5) is 11.4 Å². The minimum Gasteiger partial charge on any atom is -0.335 e. The first-order valence-corrected chi connectivity index (χ1v) is 12.1. The maximum absolute atomic E-state index is 12.7. The van der Waals surface area contributed by atoms with Crippen LogP contribution in [-0.2, 0) is 9.84 Å². The highest BCUT2D eigenvalue weighted by Gasteiger charge is 2.42. The molecule has 0 spiro atoms. The van der Waals surface area contributed by atoms with E-state index in [0.29, 0.717) is 10.7 Å². The summed E-state index contributed by atoms with van der Waals surface area (Å²) in [5, 5.41) is 6.93. The molecule has 0 bridgehead atoms. The van der Waals surface area contributed by atoms with Gasteiger partial charge in [0.05, 0.1) is 17.5 Å². The van der Waals surface area contributed by atoms with E-state index in [-0.39, 0.29) is 28.7 Å². The first kappa shape index (κ1) is 20.0. The first-order chi connectivity index (χ1) is 13.7. The number of nitrogens with one attached hydrogen (secondary N) is 2. The van der Waals surface area contributed by atoms with Gasteiger partial charge in [-0.05, 0) is 61.7 Å². The van der Waals surface area contributed by atoms with E-state index in [1.54, 1.807) is 12.1 Å². The van der Waals surface area contributed by atoms with Crippen molar-refractivity contribution in [2.45, 2.75) is 32.1 Å². The number of amides is 1. The largest absolute Gasteiger partial charge is 0.335 e. The minimum atomic E-state index is -2.97. The van der Waals surface area contributed by atoms with Crippen LogP contribution in [0.2, 0.25) is 0 Å². The highest BCUT2D eigenvalue weighted by molar-refractivity contribution is 8.15. The van der Waals surface area contributed by atoms with Gasteiger partial charge in [0.15, 0.2) is 15.0 Å². The minimum absolute atomic E-state index is 0.0150. The normalized spacial score (nSPS) is 22.1. The predicted molar refractivity (Wildman–Crippen MR) is 120 cm³/mol. The third-order valence-electron chi connectivity index (χ3n) is 5.04. The summed E-state index contributed by atoms with van der Waals surface area (Å²) >= 11 is 1.47. The van der Waals surface area contributed by atoms with Crippen molar-refractivity contribution in [3.05, 3.63) is 58.7 Å². The number of fused-ring (bicyclic) bond motifs is 1. The van der Waals surface area contributed by atoms with Gasteiger partial charge in [-0.2, -0.15) is 0 Å². The SMILES string of the molecule is Cc1cc(C)cc(NC(=O)c2ccc(C)c(NC3=NC4CS(=O)(=O)CC4S3)c2)c1. The smallest absolute Gasteiger partial charge is 0.255 e. The van der Waals surface area contributed by atoms with E-state index in [1.807, 2.05) is 39.0 Å². The fourth-order valence-electron chi connectivity index (χ4n) is 3.68. The summed E-state index contributed by atoms with van der Waals surface area (Å²) in [5.74, 6) is 0.115. The molecule has 4 rings (SSSR count). The van der Waals surface area contributed by atoms with Crippen LogP contribution in [0.15, 0.2) is 41.4 Å². The quantitative estimate of drug-likeness (QED) is 0.779. The second kappa shape index (κ2) is 7.50. The number of carbonyl (C=O) groups excluding carboxylic acids is 1. The van der Waals surface area contributed by atoms with E-state index in [4.69, 9.17) is 0 Å². The first-order valence-electron chi connectivity index (χ1n) is 9.41. The van der Waals surface area contributed by atoms with Gasteiger partial charge in [0.25, 0.3) is 5.91 Å². The van der Waals surface area contributed by atoms with Crippen molar-refractivity contribution in [2.75, 3.05) is 22.1 Å². The maximum atomic E-state index is 12.7. The lowest BCUT2D eigenvalue weighted by atomic mass is 10.1. The molecule has 152 valence electrons. The molecule has 2 unspecified atom stereocenters. The number of benzene rings is 2. The number of anilines is 2. The molecule has 29 heavy (non-hydrogen) atoms. The molecule has 1 amide bonds. The van der Waals surface area contributed by atoms with E-state index in [1.165, 1.54) is 11.8 Å². The number of sulfone groups is 1. The molecule has 2 heterocycles. The Bertz CT molecular complexity index is 1110. The second-order valence-corrected chi connectivity index (χ2v) is 11.1. The monoisotopic (exact) mass is 429 g/mol. The van der Waals surface area contributed by atoms with Crippen molar-refractivity contribution in [1.29, 1.82) is 0 Å². The highest BCUT2D eigenvalue weighted by atomic mass is 32.2. The van der Waals surface area contributed by atoms with Crippen molar-refractivity contribution < 1.29 is 13.2 Å². The number of nitrogens with zero attached hydrogens (tertiary/aromatic N) is 1. The summed E-state index contributed by atoms with van der Waals surface area (Å²) < 4.78 is 23.5. The molecule has 0 aliphatic carbocycles. The molecule has 2 aromatic carbocycles. The average Bonchev–Trinajstić information content (AvgIpc) is 3.08. The predicted octanol–water partition coefficient (Wildman–Crippen LogP) is 3.54. The number of carbonyl (C=O) groups is 1. The van der Waals surface area contributed by atoms with E-state index in [2.05, 4.69) is 21.7 Å². The van der Waals surface area contributed by atoms with Gasteiger partial charge in [-0.15, -0.1) is 0 Å². The van der Waals surface area contributed by atoms with Crippen molar-refractivity contribution >= 4 is 44.0 Å². The van der Waals surface area contributed by atoms with Crippen molar-refractivity contribution in [2.24, 2.45) is 4.99 Å². The highest BCUT2D eigenvalue weighted by Crippen LogP contribution is 2.35. The van der Waals surface area contributed by atoms with Gasteiger partial charge in [-0.3, -0.25) is 9.79 Å². The standard InChI is InChI=1S/C21H23N3O3S2/c1-12-6-13(2)8-16(7-12)22-20(25)15-5-4-14(3)17(9-15)23-21-24-18-10-29(26,27)11-19(18)28-21/h4-9,18-19H,10-11H2,1-3H3,(H,22,25)(H,23,24). The van der Waals surface area contributed by atoms with Gasteiger partial charge >= 0.3 is 0 Å². The van der Waals surface area contributed by atoms with Gasteiger partial charge in [0, 0.05) is 22.2 Å². The molecule has 8 heteroatoms. The number of aliphatic imine (C=N–C) groups is 1. The Morgan fingerprint density at radius 1 is 1.07 bits per heavy atom. The van der Waals surface area contributed by atoms with Crippen LogP contribution in [0.1, 0.15) is 27.0 Å². The second-order valence-electron chi connectivity index (χ2n) is 7.72. The van der Waals surface area contributed by atoms with Crippen LogP contribution in [0, 0.1) is 20.8 Å². The van der Waals surface area contributed by atoms with Gasteiger partial charge in [-0.25, -0.2) is 8.42 Å². The Balaban J connectivity index is 1.50. The number of amidine groups is 1. The molecule has 2 aliphatic rings. The van der Waals surface area contributed by atoms with Crippen molar-refractivity contribution in [1.82, 2.24) is 0 Å². The average molecular weight is 430 g/mol. The van der Waals surface area contributed by atoms with Crippen LogP contribution in [-0.4, -0.2) is 42.3 Å². The lowest BCUT2D eigenvalue weighted by molar-refractivity contribution is 0.102. The molecule has 1 saturated heterocycles. The topological polar surface area (TPSA) is 87.6 Å². The molecule has 2 aliphatic heterocycles. The molecular weight excluding hydrogens is 406 g/mol. The van der Waals surface area contributed by atoms with Crippen LogP contribution in [0.5, 0.6) is 0 Å². The van der Waals surface area contributed by atoms with Crippen molar-refractivity contribution in [3.8, 4) is 0 Å². The zero-order chi connectivity index (χ0) is 20.8. The van der Waals surface area contributed by atoms with Crippen LogP contribution < -0.4 is 10.6 Å². The Morgan fingerprint density at radius 2 is 1.79 bits per heavy atom. The number of aryl methyl sites for hydroxylation is 3. The summed E-state index contributed by atoms with van der Waals surface area (Å²) in [7, 11) is -2.97. The Morgan fingerprint density at radius 3 is 2.48 bits per heavy atom. The molecule has 0 saturated carbocycles. The summed E-state index contributed by atoms with van der Waals surface area (Å²) in [6.07, 6.45) is 0. The van der Waals surface area contributed by atoms with E-state index >= 15 is 0 Å². The maximum Gasteiger partial charge on any atom is 0.255 e. The molecule has 0 radical (unpaired) electrons. The lowest BCUT2D eigenvalue weighted by Crippen LogP contribution is -2.15. The fraction of sp³-hybridized carbons (Fsp3) is 0.333. The lowest BCUT2D eigenvalue weighted by Gasteiger charge is -2.12. The Hall–Kier alpha value is -2.32. The molecule has 0 aromatic heterocycles. The molecular formula is C21H23N3O3S2. The van der Waals surface area contributed by atoms with Gasteiger partial charge in [0.1, 0.15) is 0 Å². The summed E-state index contributed by atoms with van der Waals surface area (Å²) in [6, 6.07) is 11.3. The molecule has 2 N–H and O–H groups in total. The zero-order valence-corrected chi connectivity index (χ0v) is 18.2. The molecule has 6 nitrogen and oxygen atoms in total. The summed E-state index contributed by atoms with van der Waals surface area (Å²) in [5.41, 5.74) is 5.29. The molecule has 1 fully saturated rings. The molecule has 2 atom stereocenters. The summed E-state index contributed by atoms with van der Waals surface area (Å²) in [6.45, 7) is 5.95. The third-order valence-corrected chi connectivity index (χ3v) is 8.18. The van der Waals surface area contributed by atoms with Gasteiger partial charge < -0.3 is 10.6 Å². The zero-order valence-electron chi connectivity index (χ0n) is 16.5. The van der Waals surface area contributed by atoms with E-state index in [0.717, 1.165) is 28.1 Å². The fourth-order valence-corrected chi connectivity index (χ4v) is 7.35. The third kappa shape index (κ3) is 4.48. The number of hydrogen-bond acceptors (Lipinski definition) is 6. The Labute approximate surface area is 175 Å². The van der Waals surface area contributed by atoms with E-state index in [9.17, 15) is 13.2 Å². The molecule has 2 aromatic rings. The van der Waals surface area contributed by atoms with Gasteiger partial charge in [0.2, 0.25) is 0 Å². The van der Waals surface area contributed by atoms with E-state index < -0.39 is 9.84 Å². The Kier molecular flexibility index (Phi) is 5.16. The van der Waals surface area contributed by atoms with Crippen LogP contribution >= 0.6 is 11.8 Å².